The number of carbonyl (C=O) groups excluding carboxylic acids is 2. The third-order valence-electron chi connectivity index (χ3n) is 7.25. The van der Waals surface area contributed by atoms with Gasteiger partial charge in [-0.15, -0.1) is 0 Å². The van der Waals surface area contributed by atoms with Gasteiger partial charge in [0.05, 0.1) is 23.0 Å². The largest absolute Gasteiger partial charge is 0.460 e. The molecular weight excluding hydrogens is 495 g/mol. The van der Waals surface area contributed by atoms with E-state index < -0.39 is 11.4 Å². The van der Waals surface area contributed by atoms with E-state index in [1.807, 2.05) is 31.2 Å². The summed E-state index contributed by atoms with van der Waals surface area (Å²) in [7, 11) is 0. The number of nitrogens with zero attached hydrogens (tertiary/aromatic N) is 2. The first kappa shape index (κ1) is 24.5. The lowest BCUT2D eigenvalue weighted by Crippen LogP contribution is -2.35. The Hall–Kier alpha value is -4.85. The molecule has 0 aliphatic heterocycles. The molecule has 39 heavy (non-hydrogen) atoms. The fraction of sp³-hybridized carbons (Fsp3) is 0.161. The second kappa shape index (κ2) is 9.47. The summed E-state index contributed by atoms with van der Waals surface area (Å²) in [6, 6.07) is 17.1. The highest BCUT2D eigenvalue weighted by Crippen LogP contribution is 2.44. The normalized spacial score (nSPS) is 13.8. The summed E-state index contributed by atoms with van der Waals surface area (Å²) in [5.41, 5.74) is 10.8. The van der Waals surface area contributed by atoms with Gasteiger partial charge in [-0.25, -0.2) is 4.39 Å². The topological polar surface area (TPSA) is 111 Å². The zero-order valence-corrected chi connectivity index (χ0v) is 21.2. The van der Waals surface area contributed by atoms with E-state index in [2.05, 4.69) is 15.3 Å². The molecule has 1 fully saturated rings. The molecule has 1 aliphatic rings. The number of rotatable bonds is 7. The number of carbonyl (C=O) groups is 2. The average molecular weight is 521 g/mol. The van der Waals surface area contributed by atoms with E-state index in [1.165, 1.54) is 12.1 Å². The van der Waals surface area contributed by atoms with Crippen LogP contribution in [0.3, 0.4) is 0 Å². The van der Waals surface area contributed by atoms with E-state index >= 15 is 0 Å². The second-order valence-electron chi connectivity index (χ2n) is 9.94. The third-order valence-corrected chi connectivity index (χ3v) is 7.25. The molecule has 3 aromatic carbocycles. The van der Waals surface area contributed by atoms with Crippen LogP contribution in [-0.4, -0.2) is 21.8 Å². The SMILES string of the molecule is Cc1ccc(C(=O)NC2(c3cnccn3)CC2)cc1-c1ccc2oc(Cc3ccc(F)cc3)c(C(N)=O)c2c1. The van der Waals surface area contributed by atoms with Gasteiger partial charge >= 0.3 is 0 Å². The van der Waals surface area contributed by atoms with Crippen molar-refractivity contribution in [1.82, 2.24) is 15.3 Å². The van der Waals surface area contributed by atoms with Gasteiger partial charge in [-0.3, -0.25) is 19.6 Å². The third kappa shape index (κ3) is 4.65. The van der Waals surface area contributed by atoms with Crippen LogP contribution < -0.4 is 11.1 Å². The van der Waals surface area contributed by atoms with Crippen LogP contribution in [0.25, 0.3) is 22.1 Å². The van der Waals surface area contributed by atoms with Gasteiger partial charge < -0.3 is 15.5 Å². The molecule has 1 saturated carbocycles. The number of furan rings is 1. The molecule has 1 aliphatic carbocycles. The lowest BCUT2D eigenvalue weighted by Gasteiger charge is -2.17. The molecule has 2 aromatic heterocycles. The summed E-state index contributed by atoms with van der Waals surface area (Å²) in [6.45, 7) is 1.97. The van der Waals surface area contributed by atoms with Crippen LogP contribution in [0.15, 0.2) is 83.7 Å². The predicted octanol–water partition coefficient (Wildman–Crippen LogP) is 5.45. The van der Waals surface area contributed by atoms with Crippen LogP contribution in [-0.2, 0) is 12.0 Å². The number of hydrogen-bond acceptors (Lipinski definition) is 5. The Morgan fingerprint density at radius 1 is 1.05 bits per heavy atom. The highest BCUT2D eigenvalue weighted by Gasteiger charge is 2.47. The lowest BCUT2D eigenvalue weighted by atomic mass is 9.95. The van der Waals surface area contributed by atoms with E-state index in [-0.39, 0.29) is 11.7 Å². The number of nitrogens with two attached hydrogens (primary N) is 1. The predicted molar refractivity (Wildman–Crippen MR) is 145 cm³/mol. The Bertz CT molecular complexity index is 1720. The quantitative estimate of drug-likeness (QED) is 0.297. The van der Waals surface area contributed by atoms with Crippen molar-refractivity contribution in [2.75, 3.05) is 0 Å². The fourth-order valence-electron chi connectivity index (χ4n) is 4.98. The number of primary amides is 1. The molecule has 7 nitrogen and oxygen atoms in total. The first-order valence-corrected chi connectivity index (χ1v) is 12.6. The maximum absolute atomic E-state index is 13.4. The summed E-state index contributed by atoms with van der Waals surface area (Å²) < 4.78 is 19.4. The monoisotopic (exact) mass is 520 g/mol. The minimum Gasteiger partial charge on any atom is -0.460 e. The number of hydrogen-bond donors (Lipinski definition) is 2. The molecule has 3 N–H and O–H groups in total. The smallest absolute Gasteiger partial charge is 0.252 e. The fourth-order valence-corrected chi connectivity index (χ4v) is 4.98. The van der Waals surface area contributed by atoms with Crippen LogP contribution in [0, 0.1) is 12.7 Å². The van der Waals surface area contributed by atoms with Crippen molar-refractivity contribution < 1.29 is 18.4 Å². The summed E-state index contributed by atoms with van der Waals surface area (Å²) in [4.78, 5) is 34.3. The van der Waals surface area contributed by atoms with Gasteiger partial charge in [0.25, 0.3) is 11.8 Å². The molecule has 0 spiro atoms. The molecule has 2 amide bonds. The highest BCUT2D eigenvalue weighted by molar-refractivity contribution is 6.07. The summed E-state index contributed by atoms with van der Waals surface area (Å²) in [6.07, 6.45) is 6.84. The minimum atomic E-state index is -0.605. The van der Waals surface area contributed by atoms with Crippen LogP contribution in [0.2, 0.25) is 0 Å². The lowest BCUT2D eigenvalue weighted by molar-refractivity contribution is 0.0928. The summed E-state index contributed by atoms with van der Waals surface area (Å²) in [5.74, 6) is -0.713. The molecule has 0 unspecified atom stereocenters. The summed E-state index contributed by atoms with van der Waals surface area (Å²) >= 11 is 0. The average Bonchev–Trinajstić information content (AvgIpc) is 3.62. The van der Waals surface area contributed by atoms with Gasteiger partial charge in [0.15, 0.2) is 0 Å². The molecule has 0 bridgehead atoms. The van der Waals surface area contributed by atoms with Gasteiger partial charge in [-0.2, -0.15) is 0 Å². The Morgan fingerprint density at radius 3 is 2.54 bits per heavy atom. The molecule has 0 radical (unpaired) electrons. The number of amides is 2. The van der Waals surface area contributed by atoms with Gasteiger partial charge in [-0.1, -0.05) is 24.3 Å². The number of fused-ring (bicyclic) bond motifs is 1. The van der Waals surface area contributed by atoms with Crippen molar-refractivity contribution in [3.05, 3.63) is 119 Å². The molecule has 8 heteroatoms. The van der Waals surface area contributed by atoms with Crippen molar-refractivity contribution in [1.29, 1.82) is 0 Å². The van der Waals surface area contributed by atoms with Crippen molar-refractivity contribution >= 4 is 22.8 Å². The maximum atomic E-state index is 13.4. The van der Waals surface area contributed by atoms with Gasteiger partial charge in [0.2, 0.25) is 0 Å². The van der Waals surface area contributed by atoms with Crippen molar-refractivity contribution in [3.63, 3.8) is 0 Å². The number of aryl methyl sites for hydroxylation is 1. The highest BCUT2D eigenvalue weighted by atomic mass is 19.1. The minimum absolute atomic E-state index is 0.191. The van der Waals surface area contributed by atoms with Crippen LogP contribution >= 0.6 is 0 Å². The van der Waals surface area contributed by atoms with Crippen LogP contribution in [0.5, 0.6) is 0 Å². The van der Waals surface area contributed by atoms with Gasteiger partial charge in [-0.05, 0) is 78.4 Å². The Labute approximate surface area is 223 Å². The Morgan fingerprint density at radius 2 is 1.85 bits per heavy atom. The Balaban J connectivity index is 1.34. The zero-order valence-electron chi connectivity index (χ0n) is 21.2. The summed E-state index contributed by atoms with van der Waals surface area (Å²) in [5, 5.41) is 3.73. The van der Waals surface area contributed by atoms with E-state index in [4.69, 9.17) is 10.2 Å². The molecule has 194 valence electrons. The van der Waals surface area contributed by atoms with Gasteiger partial charge in [0.1, 0.15) is 17.2 Å². The maximum Gasteiger partial charge on any atom is 0.252 e. The van der Waals surface area contributed by atoms with Gasteiger partial charge in [0, 0.05) is 29.8 Å². The number of aromatic nitrogens is 2. The first-order chi connectivity index (χ1) is 18.8. The van der Waals surface area contributed by atoms with E-state index in [9.17, 15) is 14.0 Å². The molecule has 2 heterocycles. The number of nitrogens with one attached hydrogen (secondary N) is 1. The standard InChI is InChI=1S/C31H25FN4O3/c1-18-2-5-21(30(38)36-31(10-11-31)27-17-34-12-13-35-27)16-23(18)20-6-9-25-24(15-20)28(29(33)37)26(39-25)14-19-3-7-22(32)8-4-19/h2-9,12-13,15-17H,10-11,14H2,1H3,(H2,33,37)(H,36,38). The number of halogens is 1. The first-order valence-electron chi connectivity index (χ1n) is 12.6. The molecule has 0 saturated heterocycles. The van der Waals surface area contributed by atoms with Crippen molar-refractivity contribution in [2.45, 2.75) is 31.7 Å². The van der Waals surface area contributed by atoms with Crippen molar-refractivity contribution in [2.24, 2.45) is 5.73 Å². The van der Waals surface area contributed by atoms with E-state index in [1.54, 1.807) is 42.9 Å². The molecule has 0 atom stereocenters. The number of benzene rings is 3. The van der Waals surface area contributed by atoms with Crippen LogP contribution in [0.1, 0.15) is 56.1 Å². The molecule has 6 rings (SSSR count). The van der Waals surface area contributed by atoms with Crippen LogP contribution in [0.4, 0.5) is 4.39 Å². The molecule has 5 aromatic rings. The van der Waals surface area contributed by atoms with E-state index in [0.29, 0.717) is 34.3 Å². The zero-order chi connectivity index (χ0) is 27.1. The Kier molecular flexibility index (Phi) is 5.95. The van der Waals surface area contributed by atoms with Crippen molar-refractivity contribution in [3.8, 4) is 11.1 Å². The second-order valence-corrected chi connectivity index (χ2v) is 9.94. The molecular formula is C31H25FN4O3. The van der Waals surface area contributed by atoms with E-state index in [0.717, 1.165) is 40.8 Å².